The molecule has 0 fully saturated rings. The zero-order valence-electron chi connectivity index (χ0n) is 15.8. The Hall–Kier alpha value is -4.54. The van der Waals surface area contributed by atoms with Crippen LogP contribution in [0.4, 0.5) is 4.39 Å². The molecule has 0 radical (unpaired) electrons. The van der Waals surface area contributed by atoms with Gasteiger partial charge in [0.1, 0.15) is 12.4 Å². The first kappa shape index (κ1) is 19.8. The Bertz CT molecular complexity index is 1350. The lowest BCUT2D eigenvalue weighted by molar-refractivity contribution is -0.122. The number of fused-ring (bicyclic) bond motifs is 1. The van der Waals surface area contributed by atoms with Gasteiger partial charge in [-0.2, -0.15) is 5.10 Å². The topological polar surface area (TPSA) is 131 Å². The number of hydrogen-bond donors (Lipinski definition) is 3. The van der Waals surface area contributed by atoms with Crippen LogP contribution in [-0.2, 0) is 11.3 Å². The van der Waals surface area contributed by atoms with Crippen molar-refractivity contribution in [3.8, 4) is 11.4 Å². The van der Waals surface area contributed by atoms with Gasteiger partial charge in [0.15, 0.2) is 11.4 Å². The third kappa shape index (κ3) is 4.10. The Morgan fingerprint density at radius 1 is 1.10 bits per heavy atom. The van der Waals surface area contributed by atoms with E-state index < -0.39 is 29.7 Å². The van der Waals surface area contributed by atoms with Crippen LogP contribution >= 0.6 is 0 Å². The second-order valence-corrected chi connectivity index (χ2v) is 6.48. The second-order valence-electron chi connectivity index (χ2n) is 6.48. The predicted molar refractivity (Wildman–Crippen MR) is 107 cm³/mol. The average molecular weight is 422 g/mol. The first-order valence-electron chi connectivity index (χ1n) is 9.00. The molecule has 2 aromatic carbocycles. The van der Waals surface area contributed by atoms with Gasteiger partial charge in [-0.3, -0.25) is 29.8 Å². The van der Waals surface area contributed by atoms with Gasteiger partial charge in [0.25, 0.3) is 17.4 Å². The normalized spacial score (nSPS) is 10.7. The molecule has 4 rings (SSSR count). The van der Waals surface area contributed by atoms with E-state index in [4.69, 9.17) is 0 Å². The highest BCUT2D eigenvalue weighted by atomic mass is 19.1. The highest BCUT2D eigenvalue weighted by Gasteiger charge is 2.18. The number of benzene rings is 2. The van der Waals surface area contributed by atoms with Crippen molar-refractivity contribution in [2.24, 2.45) is 0 Å². The average Bonchev–Trinajstić information content (AvgIpc) is 3.17. The molecule has 11 heteroatoms. The van der Waals surface area contributed by atoms with E-state index in [1.54, 1.807) is 24.3 Å². The Kier molecular flexibility index (Phi) is 5.14. The largest absolute Gasteiger partial charge is 0.504 e. The number of aromatic hydroxyl groups is 1. The molecule has 156 valence electrons. The number of nitrogens with zero attached hydrogens (tertiary/aromatic N) is 4. The Morgan fingerprint density at radius 3 is 2.65 bits per heavy atom. The van der Waals surface area contributed by atoms with E-state index in [-0.39, 0.29) is 16.8 Å². The van der Waals surface area contributed by atoms with Gasteiger partial charge in [-0.05, 0) is 30.3 Å². The first-order chi connectivity index (χ1) is 14.9. The van der Waals surface area contributed by atoms with Crippen molar-refractivity contribution in [1.82, 2.24) is 30.2 Å². The van der Waals surface area contributed by atoms with Crippen LogP contribution in [0, 0.1) is 5.82 Å². The number of carbonyl (C=O) groups is 2. The standard InChI is InChI=1S/C20H15FN6O4/c21-12-6-7-15-14(8-12)20(31)26(11-22-15)10-17(29)23-24-19(30)18-16(28)9-27(25-18)13-4-2-1-3-5-13/h1-9,11,28H,10H2,(H,23,29)(H,24,30). The van der Waals surface area contributed by atoms with E-state index in [1.807, 2.05) is 6.07 Å². The Morgan fingerprint density at radius 2 is 1.87 bits per heavy atom. The number of para-hydroxylation sites is 1. The van der Waals surface area contributed by atoms with Gasteiger partial charge in [0, 0.05) is 0 Å². The van der Waals surface area contributed by atoms with E-state index in [9.17, 15) is 23.9 Å². The van der Waals surface area contributed by atoms with Crippen LogP contribution in [0.1, 0.15) is 10.5 Å². The summed E-state index contributed by atoms with van der Waals surface area (Å²) in [5, 5.41) is 14.0. The molecule has 4 aromatic rings. The number of halogens is 1. The summed E-state index contributed by atoms with van der Waals surface area (Å²) < 4.78 is 15.7. The maximum atomic E-state index is 13.4. The highest BCUT2D eigenvalue weighted by Crippen LogP contribution is 2.17. The third-order valence-electron chi connectivity index (χ3n) is 4.35. The van der Waals surface area contributed by atoms with Crippen LogP contribution < -0.4 is 16.4 Å². The van der Waals surface area contributed by atoms with Gasteiger partial charge in [0.2, 0.25) is 0 Å². The predicted octanol–water partition coefficient (Wildman–Crippen LogP) is 0.888. The molecular weight excluding hydrogens is 407 g/mol. The van der Waals surface area contributed by atoms with Crippen molar-refractivity contribution in [2.45, 2.75) is 6.54 Å². The number of hydrogen-bond acceptors (Lipinski definition) is 6. The molecule has 0 saturated carbocycles. The third-order valence-corrected chi connectivity index (χ3v) is 4.35. The molecule has 0 atom stereocenters. The highest BCUT2D eigenvalue weighted by molar-refractivity contribution is 5.95. The smallest absolute Gasteiger partial charge is 0.294 e. The van der Waals surface area contributed by atoms with E-state index in [0.29, 0.717) is 11.2 Å². The quantitative estimate of drug-likeness (QED) is 0.419. The van der Waals surface area contributed by atoms with Crippen LogP contribution in [0.15, 0.2) is 65.8 Å². The molecule has 0 spiro atoms. The lowest BCUT2D eigenvalue weighted by atomic mass is 10.2. The molecule has 0 aliphatic rings. The summed E-state index contributed by atoms with van der Waals surface area (Å²) in [6, 6.07) is 12.4. The fraction of sp³-hybridized carbons (Fsp3) is 0.0500. The fourth-order valence-electron chi connectivity index (χ4n) is 2.86. The summed E-state index contributed by atoms with van der Waals surface area (Å²) in [7, 11) is 0. The van der Waals surface area contributed by atoms with Gasteiger partial charge in [-0.25, -0.2) is 14.1 Å². The summed E-state index contributed by atoms with van der Waals surface area (Å²) in [4.78, 5) is 40.8. The molecule has 0 aliphatic carbocycles. The summed E-state index contributed by atoms with van der Waals surface area (Å²) in [6.07, 6.45) is 2.41. The Balaban J connectivity index is 1.43. The van der Waals surface area contributed by atoms with E-state index in [2.05, 4.69) is 20.9 Å². The van der Waals surface area contributed by atoms with Crippen LogP contribution in [0.5, 0.6) is 5.75 Å². The minimum Gasteiger partial charge on any atom is -0.504 e. The maximum Gasteiger partial charge on any atom is 0.294 e. The summed E-state index contributed by atoms with van der Waals surface area (Å²) >= 11 is 0. The molecule has 10 nitrogen and oxygen atoms in total. The molecular formula is C20H15FN6O4. The molecule has 0 aliphatic heterocycles. The van der Waals surface area contributed by atoms with Crippen molar-refractivity contribution < 1.29 is 19.1 Å². The lowest BCUT2D eigenvalue weighted by Gasteiger charge is -2.08. The zero-order valence-corrected chi connectivity index (χ0v) is 15.8. The number of amides is 2. The van der Waals surface area contributed by atoms with Crippen molar-refractivity contribution in [1.29, 1.82) is 0 Å². The number of aromatic nitrogens is 4. The molecule has 2 aromatic heterocycles. The van der Waals surface area contributed by atoms with Gasteiger partial charge >= 0.3 is 0 Å². The van der Waals surface area contributed by atoms with Gasteiger partial charge in [-0.15, -0.1) is 0 Å². The molecule has 0 bridgehead atoms. The van der Waals surface area contributed by atoms with Crippen LogP contribution in [-0.4, -0.2) is 36.3 Å². The maximum absolute atomic E-state index is 13.4. The Labute approximate surface area is 173 Å². The fourth-order valence-corrected chi connectivity index (χ4v) is 2.86. The van der Waals surface area contributed by atoms with Gasteiger partial charge in [0.05, 0.1) is 29.1 Å². The van der Waals surface area contributed by atoms with Gasteiger partial charge in [-0.1, -0.05) is 18.2 Å². The molecule has 3 N–H and O–H groups in total. The molecule has 0 saturated heterocycles. The number of nitrogens with one attached hydrogen (secondary N) is 2. The van der Waals surface area contributed by atoms with Crippen LogP contribution in [0.2, 0.25) is 0 Å². The molecule has 0 unspecified atom stereocenters. The first-order valence-corrected chi connectivity index (χ1v) is 9.00. The zero-order chi connectivity index (χ0) is 22.0. The number of carbonyl (C=O) groups excluding carboxylic acids is 2. The summed E-state index contributed by atoms with van der Waals surface area (Å²) in [6.45, 7) is -0.469. The van der Waals surface area contributed by atoms with Crippen molar-refractivity contribution in [3.63, 3.8) is 0 Å². The van der Waals surface area contributed by atoms with Crippen molar-refractivity contribution >= 4 is 22.7 Å². The lowest BCUT2D eigenvalue weighted by Crippen LogP contribution is -2.44. The summed E-state index contributed by atoms with van der Waals surface area (Å²) in [5.74, 6) is -2.58. The van der Waals surface area contributed by atoms with Gasteiger partial charge < -0.3 is 5.11 Å². The minimum atomic E-state index is -0.855. The number of hydrazine groups is 1. The molecule has 2 heterocycles. The SMILES string of the molecule is O=C(Cn1cnc2ccc(F)cc2c1=O)NNC(=O)c1nn(-c2ccccc2)cc1O. The number of rotatable bonds is 4. The van der Waals surface area contributed by atoms with Crippen molar-refractivity contribution in [2.75, 3.05) is 0 Å². The van der Waals surface area contributed by atoms with Crippen molar-refractivity contribution in [3.05, 3.63) is 82.9 Å². The summed E-state index contributed by atoms with van der Waals surface area (Å²) in [5.41, 5.74) is 4.26. The van der Waals surface area contributed by atoms with E-state index in [1.165, 1.54) is 23.0 Å². The molecule has 2 amide bonds. The minimum absolute atomic E-state index is 0.0238. The molecule has 31 heavy (non-hydrogen) atoms. The van der Waals surface area contributed by atoms with Crippen LogP contribution in [0.25, 0.3) is 16.6 Å². The monoisotopic (exact) mass is 422 g/mol. The van der Waals surface area contributed by atoms with E-state index in [0.717, 1.165) is 17.0 Å². The van der Waals surface area contributed by atoms with Crippen LogP contribution in [0.3, 0.4) is 0 Å². The van der Waals surface area contributed by atoms with E-state index >= 15 is 0 Å². The second kappa shape index (κ2) is 8.06.